The van der Waals surface area contributed by atoms with Crippen LogP contribution in [-0.2, 0) is 4.79 Å². The average Bonchev–Trinajstić information content (AvgIpc) is 1.94. The van der Waals surface area contributed by atoms with Crippen molar-refractivity contribution in [2.75, 3.05) is 0 Å². The Morgan fingerprint density at radius 2 is 2.00 bits per heavy atom. The van der Waals surface area contributed by atoms with Crippen LogP contribution in [-0.4, -0.2) is 11.8 Å². The molecule has 0 saturated heterocycles. The molecule has 0 radical (unpaired) electrons. The number of carbonyl (C=O) groups is 1. The van der Waals surface area contributed by atoms with Gasteiger partial charge in [-0.2, -0.15) is 0 Å². The fourth-order valence-corrected chi connectivity index (χ4v) is 1.41. The van der Waals surface area contributed by atoms with E-state index in [1.165, 1.54) is 5.57 Å². The number of carbonyl (C=O) groups excluding carboxylic acids is 1. The molecule has 0 unspecified atom stereocenters. The standard InChI is InChI=1S/C9H15NO/c1-9(10)5-2-8(3-6-9)4-7-11/h4,7H,2-3,5-6,10H2,1H3. The quantitative estimate of drug-likeness (QED) is 0.457. The van der Waals surface area contributed by atoms with Crippen molar-refractivity contribution in [3.8, 4) is 0 Å². The summed E-state index contributed by atoms with van der Waals surface area (Å²) < 4.78 is 0. The Hall–Kier alpha value is -0.630. The van der Waals surface area contributed by atoms with Crippen molar-refractivity contribution >= 4 is 6.29 Å². The Morgan fingerprint density at radius 1 is 1.45 bits per heavy atom. The third-order valence-electron chi connectivity index (χ3n) is 2.34. The van der Waals surface area contributed by atoms with Crippen molar-refractivity contribution in [2.24, 2.45) is 5.73 Å². The van der Waals surface area contributed by atoms with Gasteiger partial charge in [-0.3, -0.25) is 4.79 Å². The first-order chi connectivity index (χ1) is 5.14. The lowest BCUT2D eigenvalue weighted by Gasteiger charge is -2.30. The molecule has 0 aliphatic heterocycles. The summed E-state index contributed by atoms with van der Waals surface area (Å²) in [6.07, 6.45) is 6.54. The monoisotopic (exact) mass is 153 g/mol. The molecule has 0 aromatic rings. The normalized spacial score (nSPS) is 31.6. The van der Waals surface area contributed by atoms with E-state index >= 15 is 0 Å². The number of hydrogen-bond donors (Lipinski definition) is 1. The van der Waals surface area contributed by atoms with Crippen LogP contribution in [0.3, 0.4) is 0 Å². The first-order valence-electron chi connectivity index (χ1n) is 4.06. The smallest absolute Gasteiger partial charge is 0.142 e. The van der Waals surface area contributed by atoms with Gasteiger partial charge in [0.1, 0.15) is 6.29 Å². The maximum absolute atomic E-state index is 10.1. The van der Waals surface area contributed by atoms with E-state index in [4.69, 9.17) is 5.73 Å². The van der Waals surface area contributed by atoms with Gasteiger partial charge in [0.15, 0.2) is 0 Å². The Balaban J connectivity index is 2.48. The largest absolute Gasteiger partial charge is 0.325 e. The lowest BCUT2D eigenvalue weighted by molar-refractivity contribution is -0.104. The summed E-state index contributed by atoms with van der Waals surface area (Å²) in [5, 5.41) is 0. The van der Waals surface area contributed by atoms with Crippen LogP contribution in [0.4, 0.5) is 0 Å². The molecule has 1 rings (SSSR count). The minimum atomic E-state index is 0.000223. The summed E-state index contributed by atoms with van der Waals surface area (Å²) in [5.41, 5.74) is 7.17. The second-order valence-corrected chi connectivity index (χ2v) is 3.62. The summed E-state index contributed by atoms with van der Waals surface area (Å²) in [6, 6.07) is 0. The van der Waals surface area contributed by atoms with E-state index in [-0.39, 0.29) is 5.54 Å². The molecule has 0 bridgehead atoms. The van der Waals surface area contributed by atoms with Crippen LogP contribution < -0.4 is 5.73 Å². The fraction of sp³-hybridized carbons (Fsp3) is 0.667. The molecule has 0 spiro atoms. The number of allylic oxidation sites excluding steroid dienone is 2. The van der Waals surface area contributed by atoms with Crippen LogP contribution in [0, 0.1) is 0 Å². The van der Waals surface area contributed by atoms with Gasteiger partial charge in [-0.1, -0.05) is 5.57 Å². The highest BCUT2D eigenvalue weighted by atomic mass is 16.1. The van der Waals surface area contributed by atoms with E-state index in [0.717, 1.165) is 32.0 Å². The van der Waals surface area contributed by atoms with Gasteiger partial charge in [0.2, 0.25) is 0 Å². The topological polar surface area (TPSA) is 43.1 Å². The summed E-state index contributed by atoms with van der Waals surface area (Å²) in [6.45, 7) is 2.07. The lowest BCUT2D eigenvalue weighted by Crippen LogP contribution is -2.38. The van der Waals surface area contributed by atoms with Gasteiger partial charge in [0.05, 0.1) is 0 Å². The Kier molecular flexibility index (Phi) is 2.45. The molecule has 1 saturated carbocycles. The van der Waals surface area contributed by atoms with Crippen molar-refractivity contribution < 1.29 is 4.79 Å². The first-order valence-corrected chi connectivity index (χ1v) is 4.06. The highest BCUT2D eigenvalue weighted by molar-refractivity contribution is 5.66. The zero-order chi connectivity index (χ0) is 8.32. The van der Waals surface area contributed by atoms with Gasteiger partial charge < -0.3 is 5.73 Å². The van der Waals surface area contributed by atoms with E-state index in [1.54, 1.807) is 6.08 Å². The van der Waals surface area contributed by atoms with Crippen molar-refractivity contribution in [3.63, 3.8) is 0 Å². The van der Waals surface area contributed by atoms with Crippen LogP contribution in [0.25, 0.3) is 0 Å². The van der Waals surface area contributed by atoms with Crippen LogP contribution in [0.2, 0.25) is 0 Å². The lowest BCUT2D eigenvalue weighted by atomic mass is 9.81. The molecular weight excluding hydrogens is 138 g/mol. The average molecular weight is 153 g/mol. The predicted octanol–water partition coefficient (Wildman–Crippen LogP) is 1.40. The Morgan fingerprint density at radius 3 is 2.45 bits per heavy atom. The van der Waals surface area contributed by atoms with Crippen molar-refractivity contribution in [2.45, 2.75) is 38.1 Å². The molecule has 1 aliphatic rings. The molecule has 2 N–H and O–H groups in total. The molecule has 0 aromatic carbocycles. The molecule has 2 heteroatoms. The number of hydrogen-bond acceptors (Lipinski definition) is 2. The molecule has 0 heterocycles. The van der Waals surface area contributed by atoms with E-state index in [1.807, 2.05) is 0 Å². The maximum atomic E-state index is 10.1. The second-order valence-electron chi connectivity index (χ2n) is 3.62. The molecule has 0 amide bonds. The Bertz CT molecular complexity index is 170. The van der Waals surface area contributed by atoms with E-state index in [9.17, 15) is 4.79 Å². The first kappa shape index (κ1) is 8.47. The molecular formula is C9H15NO. The minimum absolute atomic E-state index is 0.000223. The SMILES string of the molecule is CC1(N)CCC(=CC=O)CC1. The Labute approximate surface area is 67.5 Å². The van der Waals surface area contributed by atoms with Gasteiger partial charge in [-0.25, -0.2) is 0 Å². The van der Waals surface area contributed by atoms with Crippen LogP contribution >= 0.6 is 0 Å². The van der Waals surface area contributed by atoms with Crippen LogP contribution in [0.1, 0.15) is 32.6 Å². The third kappa shape index (κ3) is 2.46. The van der Waals surface area contributed by atoms with Gasteiger partial charge in [0.25, 0.3) is 0 Å². The molecule has 1 aliphatic carbocycles. The summed E-state index contributed by atoms with van der Waals surface area (Å²) in [5.74, 6) is 0. The summed E-state index contributed by atoms with van der Waals surface area (Å²) in [7, 11) is 0. The predicted molar refractivity (Wildman–Crippen MR) is 45.2 cm³/mol. The summed E-state index contributed by atoms with van der Waals surface area (Å²) >= 11 is 0. The van der Waals surface area contributed by atoms with Crippen LogP contribution in [0.5, 0.6) is 0 Å². The van der Waals surface area contributed by atoms with Gasteiger partial charge in [0, 0.05) is 5.54 Å². The highest BCUT2D eigenvalue weighted by Crippen LogP contribution is 2.28. The fourth-order valence-electron chi connectivity index (χ4n) is 1.41. The van der Waals surface area contributed by atoms with Crippen molar-refractivity contribution in [1.29, 1.82) is 0 Å². The number of nitrogens with two attached hydrogens (primary N) is 1. The number of aldehydes is 1. The zero-order valence-corrected chi connectivity index (χ0v) is 6.97. The minimum Gasteiger partial charge on any atom is -0.325 e. The molecule has 62 valence electrons. The van der Waals surface area contributed by atoms with E-state index in [0.29, 0.717) is 0 Å². The molecule has 0 aromatic heterocycles. The summed E-state index contributed by atoms with van der Waals surface area (Å²) in [4.78, 5) is 10.1. The van der Waals surface area contributed by atoms with Crippen molar-refractivity contribution in [3.05, 3.63) is 11.6 Å². The number of rotatable bonds is 1. The van der Waals surface area contributed by atoms with E-state index < -0.39 is 0 Å². The van der Waals surface area contributed by atoms with Crippen LogP contribution in [0.15, 0.2) is 11.6 Å². The third-order valence-corrected chi connectivity index (χ3v) is 2.34. The van der Waals surface area contributed by atoms with Gasteiger partial charge in [-0.05, 0) is 38.7 Å². The van der Waals surface area contributed by atoms with Gasteiger partial charge in [-0.15, -0.1) is 0 Å². The van der Waals surface area contributed by atoms with E-state index in [2.05, 4.69) is 6.92 Å². The van der Waals surface area contributed by atoms with Gasteiger partial charge >= 0.3 is 0 Å². The molecule has 0 atom stereocenters. The van der Waals surface area contributed by atoms with Crippen molar-refractivity contribution in [1.82, 2.24) is 0 Å². The molecule has 1 fully saturated rings. The molecule has 2 nitrogen and oxygen atoms in total. The second kappa shape index (κ2) is 3.18. The maximum Gasteiger partial charge on any atom is 0.142 e. The highest BCUT2D eigenvalue weighted by Gasteiger charge is 2.23. The molecule has 11 heavy (non-hydrogen) atoms. The zero-order valence-electron chi connectivity index (χ0n) is 6.97.